The lowest BCUT2D eigenvalue weighted by atomic mass is 10.3. The van der Waals surface area contributed by atoms with Crippen LogP contribution in [0.4, 0.5) is 0 Å². The van der Waals surface area contributed by atoms with E-state index in [1.165, 1.54) is 7.11 Å². The number of hydrogen-bond donors (Lipinski definition) is 0. The first kappa shape index (κ1) is 12.1. The summed E-state index contributed by atoms with van der Waals surface area (Å²) in [6, 6.07) is 0. The van der Waals surface area contributed by atoms with Crippen molar-refractivity contribution in [2.45, 2.75) is 6.92 Å². The molecule has 0 aromatic carbocycles. The maximum absolute atomic E-state index is 10.9. The van der Waals surface area contributed by atoms with Gasteiger partial charge in [-0.25, -0.2) is 9.78 Å². The van der Waals surface area contributed by atoms with Gasteiger partial charge in [-0.15, -0.1) is 0 Å². The van der Waals surface area contributed by atoms with E-state index in [0.29, 0.717) is 5.69 Å². The lowest BCUT2D eigenvalue weighted by Crippen LogP contribution is -2.04. The molecule has 0 aliphatic carbocycles. The number of carbonyl (C=O) groups excluding carboxylic acids is 3. The zero-order valence-corrected chi connectivity index (χ0v) is 8.10. The van der Waals surface area contributed by atoms with E-state index in [4.69, 9.17) is 9.59 Å². The molecule has 0 saturated heterocycles. The fourth-order valence-corrected chi connectivity index (χ4v) is 0.788. The summed E-state index contributed by atoms with van der Waals surface area (Å²) in [5.74, 6) is -0.386. The fraction of sp³-hybridized carbons (Fsp3) is 0.375. The Hall–Kier alpha value is -1.94. The Kier molecular flexibility index (Phi) is 4.88. The van der Waals surface area contributed by atoms with E-state index in [1.807, 2.05) is 14.0 Å². The number of carbonyl (C=O) groups is 1. The first-order valence-electron chi connectivity index (χ1n) is 3.64. The summed E-state index contributed by atoms with van der Waals surface area (Å²) >= 11 is 0. The second-order valence-corrected chi connectivity index (χ2v) is 2.36. The molecular formula is C8H10N2O4. The SMILES string of the molecule is COC(=O)c1ncn(C)c1C.O=C=O. The van der Waals surface area contributed by atoms with Crippen LogP contribution in [0.15, 0.2) is 6.33 Å². The number of aryl methyl sites for hydroxylation is 1. The van der Waals surface area contributed by atoms with Gasteiger partial charge in [0.25, 0.3) is 0 Å². The van der Waals surface area contributed by atoms with Crippen molar-refractivity contribution in [3.05, 3.63) is 17.7 Å². The molecule has 0 saturated carbocycles. The number of aromatic nitrogens is 2. The van der Waals surface area contributed by atoms with Gasteiger partial charge in [0.15, 0.2) is 5.69 Å². The molecule has 0 radical (unpaired) electrons. The van der Waals surface area contributed by atoms with Crippen molar-refractivity contribution in [3.8, 4) is 0 Å². The number of ether oxygens (including phenoxy) is 1. The summed E-state index contributed by atoms with van der Waals surface area (Å²) in [7, 11) is 3.17. The summed E-state index contributed by atoms with van der Waals surface area (Å²) in [6.45, 7) is 1.82. The molecule has 0 amide bonds. The molecule has 0 bridgehead atoms. The molecule has 1 aromatic heterocycles. The second-order valence-electron chi connectivity index (χ2n) is 2.36. The zero-order chi connectivity index (χ0) is 11.1. The molecule has 6 heteroatoms. The van der Waals surface area contributed by atoms with E-state index in [-0.39, 0.29) is 12.1 Å². The minimum Gasteiger partial charge on any atom is -0.464 e. The molecule has 0 N–H and O–H groups in total. The normalized spacial score (nSPS) is 8.21. The van der Waals surface area contributed by atoms with E-state index < -0.39 is 0 Å². The Labute approximate surface area is 80.5 Å². The summed E-state index contributed by atoms with van der Waals surface area (Å²) in [4.78, 5) is 31.1. The highest BCUT2D eigenvalue weighted by Gasteiger charge is 2.12. The minimum absolute atomic E-state index is 0.250. The molecule has 1 rings (SSSR count). The van der Waals surface area contributed by atoms with Crippen molar-refractivity contribution < 1.29 is 19.1 Å². The topological polar surface area (TPSA) is 78.3 Å². The third kappa shape index (κ3) is 2.84. The Balaban J connectivity index is 0.000000500. The highest BCUT2D eigenvalue weighted by Crippen LogP contribution is 2.04. The van der Waals surface area contributed by atoms with E-state index in [1.54, 1.807) is 10.9 Å². The quantitative estimate of drug-likeness (QED) is 0.590. The summed E-state index contributed by atoms with van der Waals surface area (Å²) in [5, 5.41) is 0. The maximum Gasteiger partial charge on any atom is 0.373 e. The van der Waals surface area contributed by atoms with Gasteiger partial charge in [0.1, 0.15) is 0 Å². The molecular weight excluding hydrogens is 188 g/mol. The molecule has 1 aromatic rings. The van der Waals surface area contributed by atoms with Gasteiger partial charge < -0.3 is 9.30 Å². The van der Waals surface area contributed by atoms with Gasteiger partial charge >= 0.3 is 12.1 Å². The summed E-state index contributed by atoms with van der Waals surface area (Å²) in [6.07, 6.45) is 1.83. The molecule has 0 spiro atoms. The summed E-state index contributed by atoms with van der Waals surface area (Å²) in [5.41, 5.74) is 1.20. The second kappa shape index (κ2) is 5.66. The molecule has 1 heterocycles. The van der Waals surface area contributed by atoms with Crippen molar-refractivity contribution in [2.24, 2.45) is 7.05 Å². The van der Waals surface area contributed by atoms with Crippen LogP contribution >= 0.6 is 0 Å². The zero-order valence-electron chi connectivity index (χ0n) is 8.10. The van der Waals surface area contributed by atoms with Gasteiger partial charge in [-0.1, -0.05) is 0 Å². The number of hydrogen-bond acceptors (Lipinski definition) is 5. The third-order valence-corrected chi connectivity index (χ3v) is 1.61. The van der Waals surface area contributed by atoms with Crippen LogP contribution < -0.4 is 0 Å². The Morgan fingerprint density at radius 2 is 2.07 bits per heavy atom. The van der Waals surface area contributed by atoms with Crippen molar-refractivity contribution in [1.82, 2.24) is 9.55 Å². The molecule has 0 atom stereocenters. The number of nitrogens with zero attached hydrogens (tertiary/aromatic N) is 2. The van der Waals surface area contributed by atoms with Crippen molar-refractivity contribution in [3.63, 3.8) is 0 Å². The van der Waals surface area contributed by atoms with Gasteiger partial charge in [0, 0.05) is 12.7 Å². The van der Waals surface area contributed by atoms with Crippen LogP contribution in [0.1, 0.15) is 16.2 Å². The smallest absolute Gasteiger partial charge is 0.373 e. The van der Waals surface area contributed by atoms with Crippen molar-refractivity contribution in [2.75, 3.05) is 7.11 Å². The molecule has 14 heavy (non-hydrogen) atoms. The van der Waals surface area contributed by atoms with E-state index in [9.17, 15) is 4.79 Å². The monoisotopic (exact) mass is 198 g/mol. The predicted octanol–water partition coefficient (Wildman–Crippen LogP) is -0.0684. The van der Waals surface area contributed by atoms with Gasteiger partial charge in [-0.2, -0.15) is 9.59 Å². The number of esters is 1. The van der Waals surface area contributed by atoms with Gasteiger partial charge in [0.05, 0.1) is 13.4 Å². The largest absolute Gasteiger partial charge is 0.464 e. The van der Waals surface area contributed by atoms with E-state index in [0.717, 1.165) is 5.69 Å². The van der Waals surface area contributed by atoms with Crippen LogP contribution in [0.5, 0.6) is 0 Å². The first-order valence-corrected chi connectivity index (χ1v) is 3.64. The Morgan fingerprint density at radius 3 is 2.36 bits per heavy atom. The van der Waals surface area contributed by atoms with Crippen molar-refractivity contribution in [1.29, 1.82) is 0 Å². The summed E-state index contributed by atoms with van der Waals surface area (Å²) < 4.78 is 6.29. The molecule has 6 nitrogen and oxygen atoms in total. The van der Waals surface area contributed by atoms with Gasteiger partial charge in [-0.3, -0.25) is 0 Å². The van der Waals surface area contributed by atoms with Gasteiger partial charge in [0.2, 0.25) is 0 Å². The molecule has 0 fully saturated rings. The highest BCUT2D eigenvalue weighted by molar-refractivity contribution is 5.88. The number of methoxy groups -OCH3 is 1. The van der Waals surface area contributed by atoms with Crippen LogP contribution in [-0.2, 0) is 21.4 Å². The average Bonchev–Trinajstić information content (AvgIpc) is 2.48. The number of rotatable bonds is 1. The van der Waals surface area contributed by atoms with Crippen LogP contribution in [0.2, 0.25) is 0 Å². The molecule has 76 valence electrons. The predicted molar refractivity (Wildman–Crippen MR) is 44.3 cm³/mol. The maximum atomic E-state index is 10.9. The standard InChI is InChI=1S/C7H10N2O2.CO2/c1-5-6(7(10)11-3)8-4-9(5)2;2-1-3/h4H,1-3H3;. The van der Waals surface area contributed by atoms with Crippen LogP contribution in [0.25, 0.3) is 0 Å². The Morgan fingerprint density at radius 1 is 1.57 bits per heavy atom. The van der Waals surface area contributed by atoms with Crippen molar-refractivity contribution >= 4 is 12.1 Å². The Bertz CT molecular complexity index is 350. The first-order chi connectivity index (χ1) is 6.58. The van der Waals surface area contributed by atoms with E-state index in [2.05, 4.69) is 9.72 Å². The van der Waals surface area contributed by atoms with Crippen LogP contribution in [0.3, 0.4) is 0 Å². The molecule has 0 aliphatic heterocycles. The van der Waals surface area contributed by atoms with Gasteiger partial charge in [-0.05, 0) is 6.92 Å². The highest BCUT2D eigenvalue weighted by atomic mass is 16.5. The lowest BCUT2D eigenvalue weighted by Gasteiger charge is -1.96. The third-order valence-electron chi connectivity index (χ3n) is 1.61. The molecule has 0 unspecified atom stereocenters. The fourth-order valence-electron chi connectivity index (χ4n) is 0.788. The van der Waals surface area contributed by atoms with Crippen LogP contribution in [-0.4, -0.2) is 28.8 Å². The lowest BCUT2D eigenvalue weighted by molar-refractivity contribution is -0.191. The minimum atomic E-state index is -0.386. The van der Waals surface area contributed by atoms with E-state index >= 15 is 0 Å². The van der Waals surface area contributed by atoms with Crippen LogP contribution in [0, 0.1) is 6.92 Å². The average molecular weight is 198 g/mol. The molecule has 0 aliphatic rings. The number of imidazole rings is 1.